The molecule has 2 rings (SSSR count). The fourth-order valence-corrected chi connectivity index (χ4v) is 1.79. The van der Waals surface area contributed by atoms with Crippen molar-refractivity contribution in [1.82, 2.24) is 14.5 Å². The maximum Gasteiger partial charge on any atom is 0.471 e. The van der Waals surface area contributed by atoms with Crippen LogP contribution in [0.2, 0.25) is 0 Å². The molecule has 0 N–H and O–H groups in total. The predicted molar refractivity (Wildman–Crippen MR) is 48.3 cm³/mol. The highest BCUT2D eigenvalue weighted by atomic mass is 19.4. The first-order valence-corrected chi connectivity index (χ1v) is 4.68. The highest BCUT2D eigenvalue weighted by molar-refractivity contribution is 5.82. The number of aromatic nitrogens is 2. The van der Waals surface area contributed by atoms with Crippen LogP contribution < -0.4 is 0 Å². The molecule has 88 valence electrons. The quantitative estimate of drug-likeness (QED) is 0.673. The number of aryl methyl sites for hydroxylation is 1. The van der Waals surface area contributed by atoms with Gasteiger partial charge in [0, 0.05) is 7.05 Å². The number of fused-ring (bicyclic) bond motifs is 1. The van der Waals surface area contributed by atoms with Gasteiger partial charge in [0.25, 0.3) is 0 Å². The summed E-state index contributed by atoms with van der Waals surface area (Å²) < 4.78 is 38.3. The van der Waals surface area contributed by atoms with Crippen LogP contribution >= 0.6 is 0 Å². The third-order valence-electron chi connectivity index (χ3n) is 2.73. The molecule has 0 spiro atoms. The molecule has 16 heavy (non-hydrogen) atoms. The van der Waals surface area contributed by atoms with Crippen molar-refractivity contribution in [2.45, 2.75) is 26.2 Å². The Hall–Kier alpha value is -1.53. The minimum Gasteiger partial charge on any atom is -0.333 e. The van der Waals surface area contributed by atoms with Crippen LogP contribution in [0.5, 0.6) is 0 Å². The largest absolute Gasteiger partial charge is 0.471 e. The van der Waals surface area contributed by atoms with Crippen LogP contribution in [-0.4, -0.2) is 26.5 Å². The summed E-state index contributed by atoms with van der Waals surface area (Å²) in [4.78, 5) is 15.9. The van der Waals surface area contributed by atoms with E-state index >= 15 is 0 Å². The molecular formula is C9H10F3N3O. The first-order chi connectivity index (χ1) is 7.30. The van der Waals surface area contributed by atoms with Gasteiger partial charge in [0.1, 0.15) is 5.82 Å². The SMILES string of the molecule is Cc1nc2c(n1C)CN(C(=O)C(F)(F)F)C2. The fraction of sp³-hybridized carbons (Fsp3) is 0.556. The number of alkyl halides is 3. The molecule has 7 heteroatoms. The lowest BCUT2D eigenvalue weighted by Gasteiger charge is -2.17. The standard InChI is InChI=1S/C9H10F3N3O/c1-5-13-6-3-15(4-7(6)14(5)2)8(16)9(10,11)12/h3-4H2,1-2H3. The highest BCUT2D eigenvalue weighted by Gasteiger charge is 2.44. The number of nitrogens with zero attached hydrogens (tertiary/aromatic N) is 3. The van der Waals surface area contributed by atoms with Crippen LogP contribution in [0.4, 0.5) is 13.2 Å². The fourth-order valence-electron chi connectivity index (χ4n) is 1.79. The molecular weight excluding hydrogens is 223 g/mol. The monoisotopic (exact) mass is 233 g/mol. The molecule has 1 aromatic rings. The van der Waals surface area contributed by atoms with Crippen molar-refractivity contribution in [2.75, 3.05) is 0 Å². The van der Waals surface area contributed by atoms with Gasteiger partial charge in [0.15, 0.2) is 0 Å². The lowest BCUT2D eigenvalue weighted by molar-refractivity contribution is -0.186. The maximum absolute atomic E-state index is 12.2. The zero-order valence-corrected chi connectivity index (χ0v) is 8.80. The molecule has 0 bridgehead atoms. The molecule has 0 aromatic carbocycles. The number of carbonyl (C=O) groups excluding carboxylic acids is 1. The Balaban J connectivity index is 2.21. The summed E-state index contributed by atoms with van der Waals surface area (Å²) in [5.41, 5.74) is 1.23. The lowest BCUT2D eigenvalue weighted by Crippen LogP contribution is -2.38. The molecule has 1 aliphatic heterocycles. The maximum atomic E-state index is 12.2. The van der Waals surface area contributed by atoms with Crippen LogP contribution in [0.1, 0.15) is 17.2 Å². The summed E-state index contributed by atoms with van der Waals surface area (Å²) in [6, 6.07) is 0. The summed E-state index contributed by atoms with van der Waals surface area (Å²) in [6.07, 6.45) is -4.81. The van der Waals surface area contributed by atoms with E-state index in [1.165, 1.54) is 0 Å². The number of halogens is 3. The van der Waals surface area contributed by atoms with E-state index in [9.17, 15) is 18.0 Å². The van der Waals surface area contributed by atoms with Gasteiger partial charge in [0.05, 0.1) is 24.5 Å². The Bertz CT molecular complexity index is 450. The van der Waals surface area contributed by atoms with Gasteiger partial charge in [-0.15, -0.1) is 0 Å². The van der Waals surface area contributed by atoms with Gasteiger partial charge < -0.3 is 9.47 Å². The van der Waals surface area contributed by atoms with Crippen molar-refractivity contribution in [3.05, 3.63) is 17.2 Å². The van der Waals surface area contributed by atoms with E-state index in [-0.39, 0.29) is 13.1 Å². The average molecular weight is 233 g/mol. The summed E-state index contributed by atoms with van der Waals surface area (Å²) in [5.74, 6) is -1.06. The van der Waals surface area contributed by atoms with Crippen molar-refractivity contribution in [3.63, 3.8) is 0 Å². The van der Waals surface area contributed by atoms with Crippen LogP contribution in [0.3, 0.4) is 0 Å². The van der Waals surface area contributed by atoms with E-state index in [2.05, 4.69) is 4.98 Å². The van der Waals surface area contributed by atoms with E-state index in [4.69, 9.17) is 0 Å². The Labute approximate surface area is 89.7 Å². The van der Waals surface area contributed by atoms with Gasteiger partial charge in [-0.2, -0.15) is 13.2 Å². The van der Waals surface area contributed by atoms with Crippen LogP contribution in [0, 0.1) is 6.92 Å². The molecule has 2 heterocycles. The number of carbonyl (C=O) groups is 1. The summed E-state index contributed by atoms with van der Waals surface area (Å²) in [5, 5.41) is 0. The second-order valence-electron chi connectivity index (χ2n) is 3.77. The summed E-state index contributed by atoms with van der Waals surface area (Å²) >= 11 is 0. The van der Waals surface area contributed by atoms with Crippen molar-refractivity contribution in [1.29, 1.82) is 0 Å². The van der Waals surface area contributed by atoms with Gasteiger partial charge in [-0.3, -0.25) is 4.79 Å². The smallest absolute Gasteiger partial charge is 0.333 e. The molecule has 1 amide bonds. The highest BCUT2D eigenvalue weighted by Crippen LogP contribution is 2.27. The van der Waals surface area contributed by atoms with E-state index in [0.29, 0.717) is 11.4 Å². The summed E-state index contributed by atoms with van der Waals surface area (Å²) in [6.45, 7) is 1.69. The van der Waals surface area contributed by atoms with Crippen LogP contribution in [0.15, 0.2) is 0 Å². The predicted octanol–water partition coefficient (Wildman–Crippen LogP) is 1.13. The molecule has 0 unspecified atom stereocenters. The van der Waals surface area contributed by atoms with Gasteiger partial charge in [-0.25, -0.2) is 4.98 Å². The first-order valence-electron chi connectivity index (χ1n) is 4.68. The van der Waals surface area contributed by atoms with Crippen LogP contribution in [-0.2, 0) is 24.9 Å². The molecule has 0 aliphatic carbocycles. The molecule has 0 saturated carbocycles. The second-order valence-corrected chi connectivity index (χ2v) is 3.77. The zero-order valence-electron chi connectivity index (χ0n) is 8.80. The molecule has 0 saturated heterocycles. The lowest BCUT2D eigenvalue weighted by atomic mass is 10.4. The Morgan fingerprint density at radius 1 is 1.38 bits per heavy atom. The van der Waals surface area contributed by atoms with Gasteiger partial charge in [0.2, 0.25) is 0 Å². The van der Waals surface area contributed by atoms with Crippen molar-refractivity contribution < 1.29 is 18.0 Å². The first kappa shape index (κ1) is 11.0. The number of hydrogen-bond donors (Lipinski definition) is 0. The minimum absolute atomic E-state index is 0.0228. The van der Waals surface area contributed by atoms with Crippen LogP contribution in [0.25, 0.3) is 0 Å². The van der Waals surface area contributed by atoms with Crippen molar-refractivity contribution in [3.8, 4) is 0 Å². The Kier molecular flexibility index (Phi) is 2.21. The zero-order chi connectivity index (χ0) is 12.1. The minimum atomic E-state index is -4.81. The van der Waals surface area contributed by atoms with Crippen molar-refractivity contribution in [2.24, 2.45) is 7.05 Å². The topological polar surface area (TPSA) is 38.1 Å². The van der Waals surface area contributed by atoms with Gasteiger partial charge in [-0.05, 0) is 6.92 Å². The third-order valence-corrected chi connectivity index (χ3v) is 2.73. The molecule has 1 aliphatic rings. The number of hydrogen-bond acceptors (Lipinski definition) is 2. The number of imidazole rings is 1. The van der Waals surface area contributed by atoms with Gasteiger partial charge in [-0.1, -0.05) is 0 Å². The molecule has 0 fully saturated rings. The number of amides is 1. The Morgan fingerprint density at radius 2 is 2.00 bits per heavy atom. The van der Waals surface area contributed by atoms with E-state index in [1.807, 2.05) is 0 Å². The molecule has 1 aromatic heterocycles. The molecule has 0 atom stereocenters. The Morgan fingerprint density at radius 3 is 2.50 bits per heavy atom. The second kappa shape index (κ2) is 3.23. The number of rotatable bonds is 0. The van der Waals surface area contributed by atoms with E-state index in [1.54, 1.807) is 18.5 Å². The normalized spacial score (nSPS) is 15.4. The third kappa shape index (κ3) is 1.56. The molecule has 4 nitrogen and oxygen atoms in total. The summed E-state index contributed by atoms with van der Waals surface area (Å²) in [7, 11) is 1.72. The van der Waals surface area contributed by atoms with Crippen molar-refractivity contribution >= 4 is 5.91 Å². The molecule has 0 radical (unpaired) electrons. The van der Waals surface area contributed by atoms with E-state index < -0.39 is 12.1 Å². The average Bonchev–Trinajstić information content (AvgIpc) is 2.66. The van der Waals surface area contributed by atoms with E-state index in [0.717, 1.165) is 10.7 Å². The van der Waals surface area contributed by atoms with Gasteiger partial charge >= 0.3 is 12.1 Å².